The van der Waals surface area contributed by atoms with Gasteiger partial charge < -0.3 is 0 Å². The Morgan fingerprint density at radius 3 is 1.19 bits per heavy atom. The summed E-state index contributed by atoms with van der Waals surface area (Å²) in [6.45, 7) is 9.48. The van der Waals surface area contributed by atoms with E-state index in [9.17, 15) is 0 Å². The van der Waals surface area contributed by atoms with Crippen LogP contribution in [-0.2, 0) is 10.8 Å². The zero-order valence-electron chi connectivity index (χ0n) is 30.9. The normalized spacial score (nSPS) is 14.2. The number of nitrogens with zero attached hydrogens (tertiary/aromatic N) is 3. The van der Waals surface area contributed by atoms with Gasteiger partial charge in [0.1, 0.15) is 0 Å². The molecule has 3 heteroatoms. The molecule has 10 rings (SSSR count). The van der Waals surface area contributed by atoms with Gasteiger partial charge in [0.15, 0.2) is 17.5 Å². The first-order chi connectivity index (χ1) is 26.3. The maximum Gasteiger partial charge on any atom is 0.164 e. The van der Waals surface area contributed by atoms with Crippen molar-refractivity contribution < 1.29 is 0 Å². The monoisotopic (exact) mass is 693 g/mol. The number of hydrogen-bond acceptors (Lipinski definition) is 3. The molecule has 0 saturated heterocycles. The van der Waals surface area contributed by atoms with Gasteiger partial charge in [-0.1, -0.05) is 173 Å². The van der Waals surface area contributed by atoms with E-state index in [1.165, 1.54) is 61.2 Å². The fourth-order valence-electron chi connectivity index (χ4n) is 8.71. The molecule has 0 spiro atoms. The second-order valence-corrected chi connectivity index (χ2v) is 15.7. The third-order valence-electron chi connectivity index (χ3n) is 11.8. The number of fused-ring (bicyclic) bond motifs is 6. The molecule has 2 aliphatic carbocycles. The average molecular weight is 694 g/mol. The number of aromatic nitrogens is 3. The zero-order chi connectivity index (χ0) is 36.6. The van der Waals surface area contributed by atoms with E-state index in [0.29, 0.717) is 17.5 Å². The van der Waals surface area contributed by atoms with Crippen LogP contribution in [0.4, 0.5) is 0 Å². The Kier molecular flexibility index (Phi) is 7.19. The van der Waals surface area contributed by atoms with E-state index in [1.54, 1.807) is 0 Å². The van der Waals surface area contributed by atoms with Crippen LogP contribution in [0.25, 0.3) is 78.7 Å². The SMILES string of the molecule is CC1(C)c2ccccc2-c2cc3c(cc21)-c1ccc(-c2ccc(-c4nc(-c5ccccc5)nc(-c5ccc(-c6ccccc6)cc5)n4)cc2)cc1C3(C)C. The lowest BCUT2D eigenvalue weighted by Crippen LogP contribution is -2.17. The van der Waals surface area contributed by atoms with Gasteiger partial charge in [-0.2, -0.15) is 0 Å². The predicted octanol–water partition coefficient (Wildman–Crippen LogP) is 12.8. The van der Waals surface area contributed by atoms with Gasteiger partial charge in [-0.3, -0.25) is 0 Å². The fourth-order valence-corrected chi connectivity index (χ4v) is 8.71. The van der Waals surface area contributed by atoms with Gasteiger partial charge in [0.2, 0.25) is 0 Å². The molecular formula is C51H39N3. The molecule has 0 radical (unpaired) electrons. The molecule has 258 valence electrons. The van der Waals surface area contributed by atoms with Crippen LogP contribution in [0.1, 0.15) is 49.9 Å². The van der Waals surface area contributed by atoms with E-state index in [0.717, 1.165) is 22.3 Å². The Hall–Kier alpha value is -6.45. The first-order valence-electron chi connectivity index (χ1n) is 18.8. The van der Waals surface area contributed by atoms with Crippen LogP contribution in [0.15, 0.2) is 164 Å². The van der Waals surface area contributed by atoms with Gasteiger partial charge in [-0.05, 0) is 85.0 Å². The Balaban J connectivity index is 0.997. The number of rotatable bonds is 5. The highest BCUT2D eigenvalue weighted by molar-refractivity contribution is 5.90. The number of hydrogen-bond donors (Lipinski definition) is 0. The molecule has 0 saturated carbocycles. The van der Waals surface area contributed by atoms with Gasteiger partial charge in [0.05, 0.1) is 0 Å². The maximum absolute atomic E-state index is 5.02. The van der Waals surface area contributed by atoms with E-state index in [1.807, 2.05) is 36.4 Å². The van der Waals surface area contributed by atoms with Crippen molar-refractivity contribution in [2.45, 2.75) is 38.5 Å². The summed E-state index contributed by atoms with van der Waals surface area (Å²) in [5.41, 5.74) is 18.5. The molecule has 1 aromatic heterocycles. The number of benzene rings is 7. The summed E-state index contributed by atoms with van der Waals surface area (Å²) < 4.78 is 0. The van der Waals surface area contributed by atoms with Crippen molar-refractivity contribution in [3.05, 3.63) is 186 Å². The molecule has 54 heavy (non-hydrogen) atoms. The first kappa shape index (κ1) is 32.2. The predicted molar refractivity (Wildman–Crippen MR) is 222 cm³/mol. The van der Waals surface area contributed by atoms with E-state index in [2.05, 4.69) is 155 Å². The molecule has 7 aromatic carbocycles. The molecule has 0 atom stereocenters. The Morgan fingerprint density at radius 1 is 0.278 bits per heavy atom. The van der Waals surface area contributed by atoms with Gasteiger partial charge in [-0.15, -0.1) is 0 Å². The molecule has 3 nitrogen and oxygen atoms in total. The molecule has 0 aliphatic heterocycles. The summed E-state index contributed by atoms with van der Waals surface area (Å²) in [6.07, 6.45) is 0. The summed E-state index contributed by atoms with van der Waals surface area (Å²) in [6, 6.07) is 58.6. The second-order valence-electron chi connectivity index (χ2n) is 15.7. The van der Waals surface area contributed by atoms with E-state index < -0.39 is 0 Å². The Labute approximate surface area is 317 Å². The smallest absolute Gasteiger partial charge is 0.164 e. The van der Waals surface area contributed by atoms with Gasteiger partial charge in [-0.25, -0.2) is 15.0 Å². The van der Waals surface area contributed by atoms with Crippen LogP contribution >= 0.6 is 0 Å². The van der Waals surface area contributed by atoms with Crippen LogP contribution in [0, 0.1) is 0 Å². The standard InChI is InChI=1S/C51H39N3/c1-50(2)43-18-12-11-17-39(43)41-30-46-42(31-45(41)50)40-28-27-38(29-44(40)51(46,3)4)34-21-25-37(26-22-34)49-53-47(35-15-9-6-10-16-35)52-48(54-49)36-23-19-33(20-24-36)32-13-7-5-8-14-32/h5-31H,1-4H3. The van der Waals surface area contributed by atoms with Crippen molar-refractivity contribution in [1.82, 2.24) is 15.0 Å². The van der Waals surface area contributed by atoms with Crippen LogP contribution in [-0.4, -0.2) is 15.0 Å². The summed E-state index contributed by atoms with van der Waals surface area (Å²) in [5.74, 6) is 1.96. The lowest BCUT2D eigenvalue weighted by Gasteiger charge is -2.24. The highest BCUT2D eigenvalue weighted by Gasteiger charge is 2.41. The minimum atomic E-state index is -0.119. The first-order valence-corrected chi connectivity index (χ1v) is 18.8. The summed E-state index contributed by atoms with van der Waals surface area (Å²) in [5, 5.41) is 0. The third-order valence-corrected chi connectivity index (χ3v) is 11.8. The molecule has 0 N–H and O–H groups in total. The van der Waals surface area contributed by atoms with Crippen molar-refractivity contribution >= 4 is 0 Å². The highest BCUT2D eigenvalue weighted by atomic mass is 15.0. The summed E-state index contributed by atoms with van der Waals surface area (Å²) in [4.78, 5) is 15.0. The Morgan fingerprint density at radius 2 is 0.630 bits per heavy atom. The third kappa shape index (κ3) is 5.07. The molecular weight excluding hydrogens is 655 g/mol. The van der Waals surface area contributed by atoms with E-state index in [-0.39, 0.29) is 10.8 Å². The minimum absolute atomic E-state index is 0.0241. The lowest BCUT2D eigenvalue weighted by molar-refractivity contribution is 0.652. The van der Waals surface area contributed by atoms with Gasteiger partial charge in [0, 0.05) is 27.5 Å². The van der Waals surface area contributed by atoms with Crippen molar-refractivity contribution in [1.29, 1.82) is 0 Å². The molecule has 0 unspecified atom stereocenters. The Bertz CT molecular complexity index is 2730. The van der Waals surface area contributed by atoms with Crippen molar-refractivity contribution in [2.75, 3.05) is 0 Å². The molecule has 0 fully saturated rings. The van der Waals surface area contributed by atoms with Crippen LogP contribution in [0.5, 0.6) is 0 Å². The topological polar surface area (TPSA) is 38.7 Å². The molecule has 8 aromatic rings. The van der Waals surface area contributed by atoms with Crippen LogP contribution in [0.3, 0.4) is 0 Å². The average Bonchev–Trinajstić information content (AvgIpc) is 3.59. The van der Waals surface area contributed by atoms with E-state index >= 15 is 0 Å². The highest BCUT2D eigenvalue weighted by Crippen LogP contribution is 2.56. The molecule has 0 bridgehead atoms. The molecule has 0 amide bonds. The summed E-state index contributed by atoms with van der Waals surface area (Å²) in [7, 11) is 0. The lowest BCUT2D eigenvalue weighted by atomic mass is 9.79. The molecule has 1 heterocycles. The largest absolute Gasteiger partial charge is 0.208 e. The maximum atomic E-state index is 5.02. The van der Waals surface area contributed by atoms with Crippen molar-refractivity contribution in [3.63, 3.8) is 0 Å². The van der Waals surface area contributed by atoms with Crippen molar-refractivity contribution in [3.8, 4) is 78.7 Å². The van der Waals surface area contributed by atoms with Crippen LogP contribution < -0.4 is 0 Å². The van der Waals surface area contributed by atoms with Gasteiger partial charge in [0.25, 0.3) is 0 Å². The van der Waals surface area contributed by atoms with Crippen LogP contribution in [0.2, 0.25) is 0 Å². The van der Waals surface area contributed by atoms with Crippen molar-refractivity contribution in [2.24, 2.45) is 0 Å². The molecule has 2 aliphatic rings. The van der Waals surface area contributed by atoms with E-state index in [4.69, 9.17) is 15.0 Å². The zero-order valence-corrected chi connectivity index (χ0v) is 30.9. The van der Waals surface area contributed by atoms with Gasteiger partial charge >= 0.3 is 0 Å². The fraction of sp³-hybridized carbons (Fsp3) is 0.118. The second kappa shape index (κ2) is 12.0. The minimum Gasteiger partial charge on any atom is -0.208 e. The summed E-state index contributed by atoms with van der Waals surface area (Å²) >= 11 is 0. The quantitative estimate of drug-likeness (QED) is 0.180.